The number of benzene rings is 2. The van der Waals surface area contributed by atoms with E-state index in [1.165, 1.54) is 0 Å². The molecule has 3 rings (SSSR count). The van der Waals surface area contributed by atoms with Crippen LogP contribution in [0, 0.1) is 0 Å². The van der Waals surface area contributed by atoms with Gasteiger partial charge in [-0.1, -0.05) is 48.5 Å². The van der Waals surface area contributed by atoms with E-state index in [0.717, 1.165) is 5.56 Å². The number of hydrogen-bond donors (Lipinski definition) is 0. The van der Waals surface area contributed by atoms with Crippen LogP contribution < -0.4 is 4.74 Å². The quantitative estimate of drug-likeness (QED) is 0.864. The van der Waals surface area contributed by atoms with Crippen molar-refractivity contribution in [1.29, 1.82) is 0 Å². The molecule has 0 spiro atoms. The second-order valence-electron chi connectivity index (χ2n) is 6.59. The van der Waals surface area contributed by atoms with Crippen LogP contribution in [0.15, 0.2) is 60.7 Å². The lowest BCUT2D eigenvalue weighted by Crippen LogP contribution is -2.52. The number of nitrogens with zero attached hydrogens (tertiary/aromatic N) is 1. The molecule has 1 amide bonds. The van der Waals surface area contributed by atoms with E-state index in [4.69, 9.17) is 9.47 Å². The van der Waals surface area contributed by atoms with Gasteiger partial charge in [-0.05, 0) is 26.0 Å². The first-order valence-electron chi connectivity index (χ1n) is 8.25. The molecular formula is C20H23NO3. The minimum Gasteiger partial charge on any atom is -0.476 e. The molecule has 0 aromatic heterocycles. The van der Waals surface area contributed by atoms with Gasteiger partial charge in [0.25, 0.3) is 5.91 Å². The summed E-state index contributed by atoms with van der Waals surface area (Å²) in [7, 11) is 0. The Morgan fingerprint density at radius 1 is 1.08 bits per heavy atom. The predicted molar refractivity (Wildman–Crippen MR) is 92.9 cm³/mol. The molecule has 2 aromatic rings. The summed E-state index contributed by atoms with van der Waals surface area (Å²) in [5.74, 6) is 0.661. The maximum Gasteiger partial charge on any atom is 0.268 e. The normalized spacial score (nSPS) is 18.0. The Kier molecular flexibility index (Phi) is 4.86. The molecule has 1 fully saturated rings. The van der Waals surface area contributed by atoms with Gasteiger partial charge in [0.05, 0.1) is 12.2 Å². The third-order valence-corrected chi connectivity index (χ3v) is 4.06. The number of hydrogen-bond acceptors (Lipinski definition) is 3. The first kappa shape index (κ1) is 16.5. The van der Waals surface area contributed by atoms with Gasteiger partial charge in [-0.2, -0.15) is 0 Å². The molecule has 4 heteroatoms. The Bertz CT molecular complexity index is 670. The van der Waals surface area contributed by atoms with Crippen LogP contribution in [0.3, 0.4) is 0 Å². The van der Waals surface area contributed by atoms with Crippen LogP contribution in [0.4, 0.5) is 0 Å². The predicted octanol–water partition coefficient (Wildman–Crippen LogP) is 3.44. The van der Waals surface area contributed by atoms with E-state index in [9.17, 15) is 4.79 Å². The molecule has 1 aliphatic rings. The van der Waals surface area contributed by atoms with E-state index in [-0.39, 0.29) is 11.5 Å². The van der Waals surface area contributed by atoms with Crippen molar-refractivity contribution in [1.82, 2.24) is 4.90 Å². The topological polar surface area (TPSA) is 38.8 Å². The number of carbonyl (C=O) groups is 1. The molecule has 1 unspecified atom stereocenters. The average molecular weight is 325 g/mol. The fourth-order valence-electron chi connectivity index (χ4n) is 2.89. The van der Waals surface area contributed by atoms with Crippen molar-refractivity contribution < 1.29 is 14.3 Å². The monoisotopic (exact) mass is 325 g/mol. The number of morpholine rings is 1. The van der Waals surface area contributed by atoms with Crippen molar-refractivity contribution in [3.63, 3.8) is 0 Å². The van der Waals surface area contributed by atoms with E-state index in [1.54, 1.807) is 0 Å². The largest absolute Gasteiger partial charge is 0.476 e. The van der Waals surface area contributed by atoms with Crippen LogP contribution in [0.5, 0.6) is 5.75 Å². The van der Waals surface area contributed by atoms with Gasteiger partial charge in [-0.15, -0.1) is 0 Å². The second kappa shape index (κ2) is 7.05. The molecular weight excluding hydrogens is 302 g/mol. The van der Waals surface area contributed by atoms with Crippen LogP contribution in [0.2, 0.25) is 0 Å². The van der Waals surface area contributed by atoms with Crippen LogP contribution in [-0.2, 0) is 9.53 Å². The third kappa shape index (κ3) is 3.95. The fraction of sp³-hybridized carbons (Fsp3) is 0.350. The number of para-hydroxylation sites is 1. The van der Waals surface area contributed by atoms with Crippen LogP contribution >= 0.6 is 0 Å². The van der Waals surface area contributed by atoms with E-state index in [2.05, 4.69) is 0 Å². The average Bonchev–Trinajstić information content (AvgIpc) is 2.60. The Morgan fingerprint density at radius 3 is 2.33 bits per heavy atom. The molecule has 2 aromatic carbocycles. The number of rotatable bonds is 4. The summed E-state index contributed by atoms with van der Waals surface area (Å²) in [4.78, 5) is 15.0. The zero-order valence-electron chi connectivity index (χ0n) is 14.1. The van der Waals surface area contributed by atoms with Crippen LogP contribution in [-0.4, -0.2) is 36.1 Å². The smallest absolute Gasteiger partial charge is 0.268 e. The van der Waals surface area contributed by atoms with Gasteiger partial charge in [0.1, 0.15) is 5.75 Å². The summed E-state index contributed by atoms with van der Waals surface area (Å²) in [6, 6.07) is 19.1. The van der Waals surface area contributed by atoms with Crippen molar-refractivity contribution in [3.8, 4) is 5.75 Å². The van der Waals surface area contributed by atoms with Crippen molar-refractivity contribution in [2.24, 2.45) is 0 Å². The first-order chi connectivity index (χ1) is 11.6. The maximum atomic E-state index is 13.1. The fourth-order valence-corrected chi connectivity index (χ4v) is 2.89. The first-order valence-corrected chi connectivity index (χ1v) is 8.25. The van der Waals surface area contributed by atoms with Gasteiger partial charge < -0.3 is 14.4 Å². The lowest BCUT2D eigenvalue weighted by molar-refractivity contribution is -0.153. The van der Waals surface area contributed by atoms with Crippen molar-refractivity contribution >= 4 is 5.91 Å². The standard InChI is InChI=1S/C20H23NO3/c1-20(2)15-21(13-14-23-20)19(22)18(16-9-5-3-6-10-16)24-17-11-7-4-8-12-17/h3-12,18H,13-15H2,1-2H3. The zero-order chi connectivity index (χ0) is 17.0. The van der Waals surface area contributed by atoms with Gasteiger partial charge in [0, 0.05) is 18.7 Å². The summed E-state index contributed by atoms with van der Waals surface area (Å²) < 4.78 is 11.8. The summed E-state index contributed by atoms with van der Waals surface area (Å²) in [6.07, 6.45) is -0.650. The number of ether oxygens (including phenoxy) is 2. The highest BCUT2D eigenvalue weighted by atomic mass is 16.5. The zero-order valence-corrected chi connectivity index (χ0v) is 14.1. The van der Waals surface area contributed by atoms with Crippen molar-refractivity contribution in [2.75, 3.05) is 19.7 Å². The van der Waals surface area contributed by atoms with E-state index >= 15 is 0 Å². The molecule has 0 aliphatic carbocycles. The van der Waals surface area contributed by atoms with Gasteiger partial charge in [-0.25, -0.2) is 0 Å². The molecule has 126 valence electrons. The van der Waals surface area contributed by atoms with E-state index in [1.807, 2.05) is 79.4 Å². The van der Waals surface area contributed by atoms with Gasteiger partial charge in [0.15, 0.2) is 0 Å². The second-order valence-corrected chi connectivity index (χ2v) is 6.59. The van der Waals surface area contributed by atoms with Crippen LogP contribution in [0.1, 0.15) is 25.5 Å². The summed E-state index contributed by atoms with van der Waals surface area (Å²) in [5.41, 5.74) is 0.526. The molecule has 1 heterocycles. The lowest BCUT2D eigenvalue weighted by atomic mass is 10.0. The molecule has 1 atom stereocenters. The number of amides is 1. The molecule has 4 nitrogen and oxygen atoms in total. The van der Waals surface area contributed by atoms with Gasteiger partial charge in [-0.3, -0.25) is 4.79 Å². The summed E-state index contributed by atoms with van der Waals surface area (Å²) in [5, 5.41) is 0. The minimum absolute atomic E-state index is 0.0265. The minimum atomic E-state index is -0.650. The Hall–Kier alpha value is -2.33. The van der Waals surface area contributed by atoms with Crippen LogP contribution in [0.25, 0.3) is 0 Å². The van der Waals surface area contributed by atoms with Gasteiger partial charge >= 0.3 is 0 Å². The Balaban J connectivity index is 1.85. The summed E-state index contributed by atoms with van der Waals surface area (Å²) in [6.45, 7) is 5.70. The highest BCUT2D eigenvalue weighted by molar-refractivity contribution is 5.83. The molecule has 24 heavy (non-hydrogen) atoms. The third-order valence-electron chi connectivity index (χ3n) is 4.06. The van der Waals surface area contributed by atoms with Gasteiger partial charge in [0.2, 0.25) is 6.10 Å². The molecule has 0 saturated carbocycles. The van der Waals surface area contributed by atoms with Crippen molar-refractivity contribution in [3.05, 3.63) is 66.2 Å². The molecule has 0 N–H and O–H groups in total. The van der Waals surface area contributed by atoms with E-state index in [0.29, 0.717) is 25.4 Å². The highest BCUT2D eigenvalue weighted by Gasteiger charge is 2.34. The molecule has 0 bridgehead atoms. The number of carbonyl (C=O) groups excluding carboxylic acids is 1. The maximum absolute atomic E-state index is 13.1. The highest BCUT2D eigenvalue weighted by Crippen LogP contribution is 2.26. The molecule has 1 saturated heterocycles. The molecule has 1 aliphatic heterocycles. The van der Waals surface area contributed by atoms with E-state index < -0.39 is 6.10 Å². The Morgan fingerprint density at radius 2 is 1.71 bits per heavy atom. The molecule has 0 radical (unpaired) electrons. The summed E-state index contributed by atoms with van der Waals surface area (Å²) >= 11 is 0. The van der Waals surface area contributed by atoms with Crippen molar-refractivity contribution in [2.45, 2.75) is 25.6 Å². The Labute approximate surface area is 143 Å². The lowest BCUT2D eigenvalue weighted by Gasteiger charge is -2.39. The SMILES string of the molecule is CC1(C)CN(C(=O)C(Oc2ccccc2)c2ccccc2)CCO1.